The van der Waals surface area contributed by atoms with Crippen LogP contribution in [0.2, 0.25) is 0 Å². The lowest BCUT2D eigenvalue weighted by molar-refractivity contribution is 0.0951. The normalized spacial score (nSPS) is 11.1. The van der Waals surface area contributed by atoms with Crippen LogP contribution < -0.4 is 16.2 Å². The quantitative estimate of drug-likeness (QED) is 0.358. The molecule has 0 saturated carbocycles. The number of hydrogen-bond acceptors (Lipinski definition) is 4. The van der Waals surface area contributed by atoms with E-state index in [1.165, 1.54) is 6.07 Å². The molecule has 0 aliphatic heterocycles. The van der Waals surface area contributed by atoms with E-state index in [9.17, 15) is 13.2 Å². The number of carbonyl (C=O) groups excluding carboxylic acids is 1. The van der Waals surface area contributed by atoms with E-state index in [4.69, 9.17) is 16.3 Å². The van der Waals surface area contributed by atoms with Gasteiger partial charge in [0.05, 0.1) is 4.90 Å². The highest BCUT2D eigenvalue weighted by Crippen LogP contribution is 2.27. The zero-order valence-corrected chi connectivity index (χ0v) is 17.2. The molecule has 8 heteroatoms. The third kappa shape index (κ3) is 4.73. The van der Waals surface area contributed by atoms with Gasteiger partial charge in [-0.2, -0.15) is 0 Å². The minimum Gasteiger partial charge on any atom is -0.384 e. The predicted octanol–water partition coefficient (Wildman–Crippen LogP) is 2.52. The number of amides is 1. The Balaban J connectivity index is 1.83. The van der Waals surface area contributed by atoms with Crippen LogP contribution >= 0.6 is 0 Å². The molecule has 0 unspecified atom stereocenters. The van der Waals surface area contributed by atoms with Gasteiger partial charge >= 0.3 is 0 Å². The van der Waals surface area contributed by atoms with Crippen molar-refractivity contribution >= 4 is 21.8 Å². The van der Waals surface area contributed by atoms with Crippen molar-refractivity contribution in [2.24, 2.45) is 10.9 Å². The van der Waals surface area contributed by atoms with E-state index in [0.29, 0.717) is 28.8 Å². The Morgan fingerprint density at radius 2 is 1.70 bits per heavy atom. The Labute approximate surface area is 175 Å². The summed E-state index contributed by atoms with van der Waals surface area (Å²) in [4.78, 5) is 12.9. The SMILES string of the molecule is Cc1cc(-c2ccccc2C(=O)NCc2ccc(C(=N)N)cc2)ccc1S(N)(=O)=O. The van der Waals surface area contributed by atoms with Crippen LogP contribution in [0.4, 0.5) is 0 Å². The fourth-order valence-corrected chi connectivity index (χ4v) is 3.91. The van der Waals surface area contributed by atoms with E-state index in [-0.39, 0.29) is 16.6 Å². The van der Waals surface area contributed by atoms with Gasteiger partial charge in [-0.1, -0.05) is 54.6 Å². The van der Waals surface area contributed by atoms with Gasteiger partial charge in [0.2, 0.25) is 10.0 Å². The van der Waals surface area contributed by atoms with Crippen molar-refractivity contribution in [3.05, 3.63) is 89.0 Å². The topological polar surface area (TPSA) is 139 Å². The average Bonchev–Trinajstić information content (AvgIpc) is 2.71. The van der Waals surface area contributed by atoms with Crippen molar-refractivity contribution in [2.75, 3.05) is 0 Å². The zero-order valence-electron chi connectivity index (χ0n) is 16.3. The average molecular weight is 423 g/mol. The molecule has 0 fully saturated rings. The molecular weight excluding hydrogens is 400 g/mol. The van der Waals surface area contributed by atoms with E-state index in [1.54, 1.807) is 55.5 Å². The molecule has 0 aliphatic carbocycles. The van der Waals surface area contributed by atoms with Gasteiger partial charge in [-0.15, -0.1) is 0 Å². The maximum Gasteiger partial charge on any atom is 0.252 e. The molecule has 3 rings (SSSR count). The monoisotopic (exact) mass is 422 g/mol. The molecule has 3 aromatic rings. The van der Waals surface area contributed by atoms with Gasteiger partial charge in [0, 0.05) is 17.7 Å². The van der Waals surface area contributed by atoms with Gasteiger partial charge in [0.25, 0.3) is 5.91 Å². The van der Waals surface area contributed by atoms with Crippen molar-refractivity contribution in [1.82, 2.24) is 5.32 Å². The summed E-state index contributed by atoms with van der Waals surface area (Å²) in [6, 6.07) is 19.0. The molecule has 0 heterocycles. The number of hydrogen-bond donors (Lipinski definition) is 4. The van der Waals surface area contributed by atoms with E-state index in [2.05, 4.69) is 5.32 Å². The van der Waals surface area contributed by atoms with Gasteiger partial charge < -0.3 is 11.1 Å². The molecule has 154 valence electrons. The summed E-state index contributed by atoms with van der Waals surface area (Å²) in [7, 11) is -3.81. The first-order valence-electron chi connectivity index (χ1n) is 9.11. The molecule has 0 radical (unpaired) electrons. The minimum atomic E-state index is -3.81. The summed E-state index contributed by atoms with van der Waals surface area (Å²) in [5, 5.41) is 15.5. The van der Waals surface area contributed by atoms with Crippen molar-refractivity contribution in [1.29, 1.82) is 5.41 Å². The molecule has 6 N–H and O–H groups in total. The number of sulfonamides is 1. The van der Waals surface area contributed by atoms with Crippen molar-refractivity contribution in [2.45, 2.75) is 18.4 Å². The largest absolute Gasteiger partial charge is 0.384 e. The van der Waals surface area contributed by atoms with E-state index in [1.807, 2.05) is 12.1 Å². The lowest BCUT2D eigenvalue weighted by Crippen LogP contribution is -2.23. The molecular formula is C22H22N4O3S. The zero-order chi connectivity index (χ0) is 21.9. The van der Waals surface area contributed by atoms with Crippen LogP contribution in [-0.4, -0.2) is 20.2 Å². The molecule has 7 nitrogen and oxygen atoms in total. The molecule has 0 spiro atoms. The van der Waals surface area contributed by atoms with Crippen LogP contribution in [0.3, 0.4) is 0 Å². The van der Waals surface area contributed by atoms with Crippen LogP contribution in [0.25, 0.3) is 11.1 Å². The van der Waals surface area contributed by atoms with Crippen LogP contribution in [0.1, 0.15) is 27.0 Å². The molecule has 1 amide bonds. The summed E-state index contributed by atoms with van der Waals surface area (Å²) in [6.07, 6.45) is 0. The molecule has 0 atom stereocenters. The van der Waals surface area contributed by atoms with Crippen molar-refractivity contribution in [3.8, 4) is 11.1 Å². The first-order chi connectivity index (χ1) is 14.2. The number of nitrogens with one attached hydrogen (secondary N) is 2. The number of nitrogens with two attached hydrogens (primary N) is 2. The number of benzene rings is 3. The summed E-state index contributed by atoms with van der Waals surface area (Å²) in [6.45, 7) is 1.98. The van der Waals surface area contributed by atoms with Crippen molar-refractivity contribution in [3.63, 3.8) is 0 Å². The Hall–Kier alpha value is -3.49. The molecule has 0 aromatic heterocycles. The van der Waals surface area contributed by atoms with Gasteiger partial charge in [0.1, 0.15) is 5.84 Å². The van der Waals surface area contributed by atoms with Gasteiger partial charge in [-0.05, 0) is 41.3 Å². The highest BCUT2D eigenvalue weighted by molar-refractivity contribution is 7.89. The maximum absolute atomic E-state index is 12.8. The van der Waals surface area contributed by atoms with E-state index in [0.717, 1.165) is 11.1 Å². The highest BCUT2D eigenvalue weighted by atomic mass is 32.2. The number of nitrogen functional groups attached to an aromatic ring is 1. The van der Waals surface area contributed by atoms with Crippen LogP contribution in [0.15, 0.2) is 71.6 Å². The standard InChI is InChI=1S/C22H22N4O3S/c1-14-12-17(10-11-20(14)30(25,28)29)18-4-2-3-5-19(18)22(27)26-13-15-6-8-16(9-7-15)21(23)24/h2-12H,13H2,1H3,(H3,23,24)(H,26,27)(H2,25,28,29). The first kappa shape index (κ1) is 21.2. The summed E-state index contributed by atoms with van der Waals surface area (Å²) in [5.74, 6) is -0.266. The summed E-state index contributed by atoms with van der Waals surface area (Å²) >= 11 is 0. The Morgan fingerprint density at radius 1 is 1.03 bits per heavy atom. The highest BCUT2D eigenvalue weighted by Gasteiger charge is 2.16. The number of rotatable bonds is 6. The Morgan fingerprint density at radius 3 is 2.30 bits per heavy atom. The second-order valence-corrected chi connectivity index (χ2v) is 8.39. The smallest absolute Gasteiger partial charge is 0.252 e. The predicted molar refractivity (Wildman–Crippen MR) is 117 cm³/mol. The fraction of sp³-hybridized carbons (Fsp3) is 0.0909. The van der Waals surface area contributed by atoms with Crippen molar-refractivity contribution < 1.29 is 13.2 Å². The second-order valence-electron chi connectivity index (χ2n) is 6.86. The molecule has 3 aromatic carbocycles. The minimum absolute atomic E-state index is 0.0109. The van der Waals surface area contributed by atoms with Crippen LogP contribution in [0, 0.1) is 12.3 Å². The third-order valence-electron chi connectivity index (χ3n) is 4.68. The lowest BCUT2D eigenvalue weighted by atomic mass is 9.98. The van der Waals surface area contributed by atoms with Crippen LogP contribution in [0.5, 0.6) is 0 Å². The number of aryl methyl sites for hydroxylation is 1. The van der Waals surface area contributed by atoms with E-state index >= 15 is 0 Å². The van der Waals surface area contributed by atoms with Crippen LogP contribution in [-0.2, 0) is 16.6 Å². The maximum atomic E-state index is 12.8. The Bertz CT molecular complexity index is 1220. The first-order valence-corrected chi connectivity index (χ1v) is 10.7. The van der Waals surface area contributed by atoms with E-state index < -0.39 is 10.0 Å². The number of amidine groups is 1. The number of primary sulfonamides is 1. The molecule has 0 bridgehead atoms. The summed E-state index contributed by atoms with van der Waals surface area (Å²) in [5.41, 5.74) is 9.33. The molecule has 0 saturated heterocycles. The number of carbonyl (C=O) groups is 1. The van der Waals surface area contributed by atoms with Gasteiger partial charge in [-0.25, -0.2) is 13.6 Å². The van der Waals surface area contributed by atoms with Gasteiger partial charge in [0.15, 0.2) is 0 Å². The second kappa shape index (κ2) is 8.48. The van der Waals surface area contributed by atoms with Gasteiger partial charge in [-0.3, -0.25) is 10.2 Å². The Kier molecular flexibility index (Phi) is 6.00. The molecule has 30 heavy (non-hydrogen) atoms. The third-order valence-corrected chi connectivity index (χ3v) is 5.75. The lowest BCUT2D eigenvalue weighted by Gasteiger charge is -2.12. The fourth-order valence-electron chi connectivity index (χ4n) is 3.15. The summed E-state index contributed by atoms with van der Waals surface area (Å²) < 4.78 is 23.3. The molecule has 0 aliphatic rings.